The van der Waals surface area contributed by atoms with Gasteiger partial charge in [0.15, 0.2) is 0 Å². The quantitative estimate of drug-likeness (QED) is 0.687. The Bertz CT molecular complexity index is 1080. The maximum Gasteiger partial charge on any atom is 0.262 e. The van der Waals surface area contributed by atoms with Crippen molar-refractivity contribution in [2.75, 3.05) is 19.6 Å². The first kappa shape index (κ1) is 21.5. The van der Waals surface area contributed by atoms with Crippen molar-refractivity contribution in [1.82, 2.24) is 14.5 Å². The summed E-state index contributed by atoms with van der Waals surface area (Å²) in [5.41, 5.74) is 7.99. The van der Waals surface area contributed by atoms with Crippen LogP contribution >= 0.6 is 23.7 Å². The number of hydrogen-bond donors (Lipinski definition) is 1. The predicted octanol–water partition coefficient (Wildman–Crippen LogP) is 2.70. The summed E-state index contributed by atoms with van der Waals surface area (Å²) in [5, 5.41) is 0.626. The highest BCUT2D eigenvalue weighted by Crippen LogP contribution is 2.32. The van der Waals surface area contributed by atoms with E-state index in [4.69, 9.17) is 5.73 Å². The van der Waals surface area contributed by atoms with Crippen molar-refractivity contribution in [3.05, 3.63) is 63.0 Å². The van der Waals surface area contributed by atoms with Crippen LogP contribution in [0.1, 0.15) is 21.9 Å². The maximum atomic E-state index is 12.9. The number of fused-ring (bicyclic) bond motifs is 1. The summed E-state index contributed by atoms with van der Waals surface area (Å²) in [6.07, 6.45) is 1.49. The van der Waals surface area contributed by atoms with Crippen LogP contribution in [0, 0.1) is 19.8 Å². The second kappa shape index (κ2) is 8.65. The average molecular weight is 433 g/mol. The number of amides is 1. The van der Waals surface area contributed by atoms with Crippen molar-refractivity contribution in [2.45, 2.75) is 26.3 Å². The topological polar surface area (TPSA) is 81.2 Å². The molecule has 2 aromatic heterocycles. The van der Waals surface area contributed by atoms with Crippen LogP contribution in [0.15, 0.2) is 41.5 Å². The molecule has 3 aromatic rings. The van der Waals surface area contributed by atoms with Gasteiger partial charge in [0.2, 0.25) is 5.91 Å². The van der Waals surface area contributed by atoms with Crippen LogP contribution in [-0.2, 0) is 11.3 Å². The van der Waals surface area contributed by atoms with Gasteiger partial charge in [-0.3, -0.25) is 14.2 Å². The number of carbonyl (C=O) groups is 1. The Hall–Kier alpha value is -2.22. The number of hydrogen-bond acceptors (Lipinski definition) is 5. The zero-order valence-corrected chi connectivity index (χ0v) is 18.1. The van der Waals surface area contributed by atoms with E-state index >= 15 is 0 Å². The van der Waals surface area contributed by atoms with E-state index in [0.717, 1.165) is 15.3 Å². The Morgan fingerprint density at radius 1 is 1.24 bits per heavy atom. The third kappa shape index (κ3) is 3.95. The Balaban J connectivity index is 0.00000240. The number of nitrogens with zero attached hydrogens (tertiary/aromatic N) is 3. The summed E-state index contributed by atoms with van der Waals surface area (Å²) >= 11 is 1.51. The van der Waals surface area contributed by atoms with Gasteiger partial charge < -0.3 is 10.6 Å². The molecule has 1 fully saturated rings. The van der Waals surface area contributed by atoms with E-state index in [0.29, 0.717) is 25.0 Å². The van der Waals surface area contributed by atoms with Crippen LogP contribution in [0.2, 0.25) is 0 Å². The fourth-order valence-corrected chi connectivity index (χ4v) is 5.01. The summed E-state index contributed by atoms with van der Waals surface area (Å²) in [7, 11) is 0. The average Bonchev–Trinajstić information content (AvgIpc) is 3.26. The first-order valence-electron chi connectivity index (χ1n) is 9.47. The number of nitrogens with two attached hydrogens (primary N) is 1. The minimum absolute atomic E-state index is 0. The van der Waals surface area contributed by atoms with Crippen LogP contribution in [0.4, 0.5) is 0 Å². The molecule has 1 aliphatic heterocycles. The van der Waals surface area contributed by atoms with Crippen molar-refractivity contribution in [3.63, 3.8) is 0 Å². The maximum absolute atomic E-state index is 12.9. The molecule has 8 heteroatoms. The lowest BCUT2D eigenvalue weighted by Crippen LogP contribution is -2.35. The number of halogens is 1. The standard InChI is InChI=1S/C21H24N4O2S.ClH/c1-13-14(2)28-20-19(13)21(27)25(12-23-20)11-18(26)24-9-16(8-22)17(10-24)15-6-4-3-5-7-15;/h3-7,12,16-17H,8-11,22H2,1-2H3;1H/t16-,17+;/m1./s1. The number of aromatic nitrogens is 2. The highest BCUT2D eigenvalue weighted by atomic mass is 35.5. The monoisotopic (exact) mass is 432 g/mol. The summed E-state index contributed by atoms with van der Waals surface area (Å²) in [6, 6.07) is 10.2. The molecule has 154 valence electrons. The zero-order valence-electron chi connectivity index (χ0n) is 16.5. The van der Waals surface area contributed by atoms with Crippen molar-refractivity contribution < 1.29 is 4.79 Å². The Morgan fingerprint density at radius 2 is 1.97 bits per heavy atom. The minimum Gasteiger partial charge on any atom is -0.340 e. The molecule has 0 unspecified atom stereocenters. The molecule has 2 atom stereocenters. The Labute approximate surface area is 179 Å². The lowest BCUT2D eigenvalue weighted by Gasteiger charge is -2.17. The third-order valence-electron chi connectivity index (χ3n) is 5.79. The van der Waals surface area contributed by atoms with Crippen molar-refractivity contribution in [2.24, 2.45) is 11.7 Å². The van der Waals surface area contributed by atoms with Gasteiger partial charge in [-0.25, -0.2) is 4.98 Å². The van der Waals surface area contributed by atoms with Crippen LogP contribution in [0.25, 0.3) is 10.2 Å². The molecule has 0 bridgehead atoms. The molecule has 0 radical (unpaired) electrons. The molecular weight excluding hydrogens is 408 g/mol. The van der Waals surface area contributed by atoms with Gasteiger partial charge in [0.1, 0.15) is 11.4 Å². The van der Waals surface area contributed by atoms with Crippen molar-refractivity contribution in [1.29, 1.82) is 0 Å². The highest BCUT2D eigenvalue weighted by Gasteiger charge is 2.35. The summed E-state index contributed by atoms with van der Waals surface area (Å²) in [6.45, 7) is 5.71. The summed E-state index contributed by atoms with van der Waals surface area (Å²) < 4.78 is 1.43. The van der Waals surface area contributed by atoms with Crippen molar-refractivity contribution >= 4 is 39.9 Å². The van der Waals surface area contributed by atoms with Gasteiger partial charge in [0, 0.05) is 23.9 Å². The SMILES string of the molecule is Cc1sc2ncn(CC(=O)N3C[C@@H](CN)[C@H](c4ccccc4)C3)c(=O)c2c1C.Cl. The summed E-state index contributed by atoms with van der Waals surface area (Å²) in [4.78, 5) is 33.8. The highest BCUT2D eigenvalue weighted by molar-refractivity contribution is 7.18. The first-order valence-corrected chi connectivity index (χ1v) is 10.3. The molecule has 0 saturated carbocycles. The van der Waals surface area contributed by atoms with Gasteiger partial charge in [-0.15, -0.1) is 23.7 Å². The van der Waals surface area contributed by atoms with Crippen LogP contribution in [-0.4, -0.2) is 40.0 Å². The third-order valence-corrected chi connectivity index (χ3v) is 6.90. The van der Waals surface area contributed by atoms with Crippen molar-refractivity contribution in [3.8, 4) is 0 Å². The molecule has 3 heterocycles. The molecule has 2 N–H and O–H groups in total. The number of carbonyl (C=O) groups excluding carboxylic acids is 1. The molecular formula is C21H25ClN4O2S. The van der Waals surface area contributed by atoms with E-state index in [1.807, 2.05) is 36.9 Å². The van der Waals surface area contributed by atoms with E-state index in [1.54, 1.807) is 0 Å². The number of aryl methyl sites for hydroxylation is 2. The molecule has 0 aliphatic carbocycles. The molecule has 4 rings (SSSR count). The van der Waals surface area contributed by atoms with Gasteiger partial charge in [0.05, 0.1) is 11.7 Å². The van der Waals surface area contributed by atoms with Gasteiger partial charge >= 0.3 is 0 Å². The number of rotatable bonds is 4. The molecule has 1 saturated heterocycles. The zero-order chi connectivity index (χ0) is 19.8. The molecule has 0 spiro atoms. The fraction of sp³-hybridized carbons (Fsp3) is 0.381. The molecule has 29 heavy (non-hydrogen) atoms. The fourth-order valence-electron chi connectivity index (χ4n) is 4.02. The van der Waals surface area contributed by atoms with E-state index in [9.17, 15) is 9.59 Å². The molecule has 1 amide bonds. The summed E-state index contributed by atoms with van der Waals surface area (Å²) in [5.74, 6) is 0.393. The Morgan fingerprint density at radius 3 is 2.66 bits per heavy atom. The lowest BCUT2D eigenvalue weighted by molar-refractivity contribution is -0.131. The van der Waals surface area contributed by atoms with Crippen LogP contribution in [0.3, 0.4) is 0 Å². The second-order valence-electron chi connectivity index (χ2n) is 7.45. The van der Waals surface area contributed by atoms with Crippen LogP contribution in [0.5, 0.6) is 0 Å². The number of likely N-dealkylation sites (tertiary alicyclic amines) is 1. The number of thiophene rings is 1. The van der Waals surface area contributed by atoms with E-state index < -0.39 is 0 Å². The van der Waals surface area contributed by atoms with E-state index in [-0.39, 0.29) is 42.3 Å². The molecule has 1 aromatic carbocycles. The first-order chi connectivity index (χ1) is 13.5. The van der Waals surface area contributed by atoms with E-state index in [1.165, 1.54) is 27.8 Å². The second-order valence-corrected chi connectivity index (χ2v) is 8.66. The lowest BCUT2D eigenvalue weighted by atomic mass is 9.89. The predicted molar refractivity (Wildman–Crippen MR) is 119 cm³/mol. The Kier molecular flexibility index (Phi) is 6.41. The minimum atomic E-state index is -0.144. The van der Waals surface area contributed by atoms with Gasteiger partial charge in [-0.1, -0.05) is 30.3 Å². The van der Waals surface area contributed by atoms with E-state index in [2.05, 4.69) is 17.1 Å². The largest absolute Gasteiger partial charge is 0.340 e. The molecule has 6 nitrogen and oxygen atoms in total. The van der Waals surface area contributed by atoms with Gasteiger partial charge in [-0.05, 0) is 37.4 Å². The van der Waals surface area contributed by atoms with Gasteiger partial charge in [-0.2, -0.15) is 0 Å². The smallest absolute Gasteiger partial charge is 0.262 e. The normalized spacial score (nSPS) is 18.8. The van der Waals surface area contributed by atoms with Gasteiger partial charge in [0.25, 0.3) is 5.56 Å². The van der Waals surface area contributed by atoms with Crippen LogP contribution < -0.4 is 11.3 Å². The molecule has 1 aliphatic rings. The number of benzene rings is 1.